The molecule has 0 spiro atoms. The molecule has 0 aliphatic heterocycles. The smallest absolute Gasteiger partial charge is 0.242 e. The molecule has 0 saturated carbocycles. The van der Waals surface area contributed by atoms with Gasteiger partial charge in [-0.15, -0.1) is 0 Å². The van der Waals surface area contributed by atoms with E-state index in [1.807, 2.05) is 99.1 Å². The van der Waals surface area contributed by atoms with Crippen molar-refractivity contribution in [3.63, 3.8) is 0 Å². The molecule has 5 nitrogen and oxygen atoms in total. The predicted molar refractivity (Wildman–Crippen MR) is 120 cm³/mol. The van der Waals surface area contributed by atoms with Gasteiger partial charge in [-0.3, -0.25) is 0 Å². The second kappa shape index (κ2) is 7.70. The summed E-state index contributed by atoms with van der Waals surface area (Å²) in [6, 6.07) is 20.5. The first-order valence-corrected chi connectivity index (χ1v) is 11.3. The molecule has 0 amide bonds. The van der Waals surface area contributed by atoms with E-state index in [4.69, 9.17) is 4.98 Å². The highest BCUT2D eigenvalue weighted by Crippen LogP contribution is 2.29. The third-order valence-corrected chi connectivity index (χ3v) is 7.09. The summed E-state index contributed by atoms with van der Waals surface area (Å²) in [4.78, 5) is 5.09. The van der Waals surface area contributed by atoms with Gasteiger partial charge < -0.3 is 4.57 Å². The molecule has 30 heavy (non-hydrogen) atoms. The molecule has 0 fully saturated rings. The fourth-order valence-corrected chi connectivity index (χ4v) is 5.78. The van der Waals surface area contributed by atoms with Crippen LogP contribution in [0.4, 0.5) is 0 Å². The summed E-state index contributed by atoms with van der Waals surface area (Å²) in [6.45, 7) is 5.64. The molecule has 0 saturated heterocycles. The lowest BCUT2D eigenvalue weighted by Gasteiger charge is -2.21. The van der Waals surface area contributed by atoms with Gasteiger partial charge in [0, 0.05) is 7.05 Å². The highest BCUT2D eigenvalue weighted by molar-refractivity contribution is 7.89. The van der Waals surface area contributed by atoms with Crippen LogP contribution in [0.1, 0.15) is 34.1 Å². The van der Waals surface area contributed by atoms with Crippen LogP contribution in [-0.2, 0) is 17.1 Å². The van der Waals surface area contributed by atoms with Crippen LogP contribution < -0.4 is 4.72 Å². The van der Waals surface area contributed by atoms with Gasteiger partial charge in [0.25, 0.3) is 0 Å². The number of imidazole rings is 1. The van der Waals surface area contributed by atoms with Gasteiger partial charge in [-0.25, -0.2) is 13.4 Å². The van der Waals surface area contributed by atoms with Gasteiger partial charge in [-0.05, 0) is 49.6 Å². The second-order valence-electron chi connectivity index (χ2n) is 7.71. The lowest BCUT2D eigenvalue weighted by Crippen LogP contribution is -2.32. The van der Waals surface area contributed by atoms with Crippen molar-refractivity contribution >= 4 is 21.1 Å². The van der Waals surface area contributed by atoms with Crippen molar-refractivity contribution in [3.05, 3.63) is 94.8 Å². The maximum atomic E-state index is 13.5. The molecule has 1 heterocycles. The standard InChI is InChI=1S/C24H25N3O2S/c1-16-14-17(2)23(18(3)15-16)30(28,29)26-22(19-10-6-5-7-11-19)24-25-20-12-8-9-13-21(20)27(24)4/h5-15,22,26H,1-4H3. The summed E-state index contributed by atoms with van der Waals surface area (Å²) in [5.74, 6) is 0.647. The Morgan fingerprint density at radius 2 is 1.50 bits per heavy atom. The molecule has 6 heteroatoms. The van der Waals surface area contributed by atoms with Crippen LogP contribution in [0.2, 0.25) is 0 Å². The van der Waals surface area contributed by atoms with E-state index in [2.05, 4.69) is 4.72 Å². The van der Waals surface area contributed by atoms with Crippen molar-refractivity contribution in [3.8, 4) is 0 Å². The molecule has 0 radical (unpaired) electrons. The molecule has 1 unspecified atom stereocenters. The van der Waals surface area contributed by atoms with Crippen LogP contribution in [0.3, 0.4) is 0 Å². The Hall–Kier alpha value is -2.96. The molecular weight excluding hydrogens is 394 g/mol. The number of hydrogen-bond donors (Lipinski definition) is 1. The van der Waals surface area contributed by atoms with Crippen molar-refractivity contribution < 1.29 is 8.42 Å². The van der Waals surface area contributed by atoms with Gasteiger partial charge in [-0.2, -0.15) is 4.72 Å². The number of nitrogens with one attached hydrogen (secondary N) is 1. The van der Waals surface area contributed by atoms with E-state index < -0.39 is 16.1 Å². The highest BCUT2D eigenvalue weighted by atomic mass is 32.2. The maximum Gasteiger partial charge on any atom is 0.242 e. The molecule has 1 aromatic heterocycles. The Bertz CT molecular complexity index is 1300. The molecular formula is C24H25N3O2S. The van der Waals surface area contributed by atoms with Crippen LogP contribution >= 0.6 is 0 Å². The first-order valence-electron chi connectivity index (χ1n) is 9.84. The zero-order chi connectivity index (χ0) is 21.5. The molecule has 0 aliphatic rings. The minimum atomic E-state index is -3.79. The van der Waals surface area contributed by atoms with Crippen LogP contribution in [0.15, 0.2) is 71.6 Å². The quantitative estimate of drug-likeness (QED) is 0.515. The fourth-order valence-electron chi connectivity index (χ4n) is 4.14. The van der Waals surface area contributed by atoms with Crippen LogP contribution in [0, 0.1) is 20.8 Å². The molecule has 4 aromatic rings. The normalized spacial score (nSPS) is 12.9. The van der Waals surface area contributed by atoms with E-state index in [0.717, 1.165) is 33.3 Å². The number of aromatic nitrogens is 2. The van der Waals surface area contributed by atoms with E-state index in [9.17, 15) is 8.42 Å². The van der Waals surface area contributed by atoms with Crippen molar-refractivity contribution in [1.82, 2.24) is 14.3 Å². The number of sulfonamides is 1. The molecule has 4 rings (SSSR count). The molecule has 1 N–H and O–H groups in total. The Morgan fingerprint density at radius 1 is 0.900 bits per heavy atom. The predicted octanol–water partition coefficient (Wildman–Crippen LogP) is 4.57. The van der Waals surface area contributed by atoms with Gasteiger partial charge in [0.2, 0.25) is 10.0 Å². The number of benzene rings is 3. The zero-order valence-electron chi connectivity index (χ0n) is 17.5. The molecule has 0 aliphatic carbocycles. The Morgan fingerprint density at radius 3 is 2.13 bits per heavy atom. The third kappa shape index (κ3) is 3.64. The summed E-state index contributed by atoms with van der Waals surface area (Å²) >= 11 is 0. The van der Waals surface area contributed by atoms with E-state index in [0.29, 0.717) is 10.7 Å². The number of hydrogen-bond acceptors (Lipinski definition) is 3. The number of para-hydroxylation sites is 2. The summed E-state index contributed by atoms with van der Waals surface area (Å²) in [7, 11) is -1.88. The SMILES string of the molecule is Cc1cc(C)c(S(=O)(=O)NC(c2ccccc2)c2nc3ccccc3n2C)c(C)c1. The summed E-state index contributed by atoms with van der Waals surface area (Å²) in [5.41, 5.74) is 5.13. The topological polar surface area (TPSA) is 64.0 Å². The second-order valence-corrected chi connectivity index (χ2v) is 9.36. The summed E-state index contributed by atoms with van der Waals surface area (Å²) < 4.78 is 31.9. The van der Waals surface area contributed by atoms with Crippen molar-refractivity contribution in [1.29, 1.82) is 0 Å². The summed E-state index contributed by atoms with van der Waals surface area (Å²) in [6.07, 6.45) is 0. The van der Waals surface area contributed by atoms with Crippen molar-refractivity contribution in [2.24, 2.45) is 7.05 Å². The van der Waals surface area contributed by atoms with Gasteiger partial charge in [-0.1, -0.05) is 60.2 Å². The van der Waals surface area contributed by atoms with Crippen molar-refractivity contribution in [2.75, 3.05) is 0 Å². The average molecular weight is 420 g/mol. The van der Waals surface area contributed by atoms with Gasteiger partial charge >= 0.3 is 0 Å². The van der Waals surface area contributed by atoms with Crippen molar-refractivity contribution in [2.45, 2.75) is 31.7 Å². The van der Waals surface area contributed by atoms with Gasteiger partial charge in [0.05, 0.1) is 15.9 Å². The lowest BCUT2D eigenvalue weighted by atomic mass is 10.1. The van der Waals surface area contributed by atoms with Crippen LogP contribution in [0.25, 0.3) is 11.0 Å². The van der Waals surface area contributed by atoms with E-state index >= 15 is 0 Å². The molecule has 3 aromatic carbocycles. The minimum Gasteiger partial charge on any atom is -0.329 e. The van der Waals surface area contributed by atoms with Crippen LogP contribution in [-0.4, -0.2) is 18.0 Å². The Balaban J connectivity index is 1.87. The van der Waals surface area contributed by atoms with Crippen LogP contribution in [0.5, 0.6) is 0 Å². The third-order valence-electron chi connectivity index (χ3n) is 5.36. The van der Waals surface area contributed by atoms with Gasteiger partial charge in [0.15, 0.2) is 0 Å². The highest BCUT2D eigenvalue weighted by Gasteiger charge is 2.28. The zero-order valence-corrected chi connectivity index (χ0v) is 18.4. The lowest BCUT2D eigenvalue weighted by molar-refractivity contribution is 0.562. The first-order chi connectivity index (χ1) is 14.3. The fraction of sp³-hybridized carbons (Fsp3) is 0.208. The largest absolute Gasteiger partial charge is 0.329 e. The maximum absolute atomic E-state index is 13.5. The molecule has 1 atom stereocenters. The Labute approximate surface area is 177 Å². The summed E-state index contributed by atoms with van der Waals surface area (Å²) in [5, 5.41) is 0. The first kappa shape index (κ1) is 20.3. The Kier molecular flexibility index (Phi) is 5.22. The minimum absolute atomic E-state index is 0.327. The van der Waals surface area contributed by atoms with E-state index in [-0.39, 0.29) is 0 Å². The number of fused-ring (bicyclic) bond motifs is 1. The van der Waals surface area contributed by atoms with E-state index in [1.54, 1.807) is 0 Å². The molecule has 154 valence electrons. The number of aryl methyl sites for hydroxylation is 4. The average Bonchev–Trinajstić information content (AvgIpc) is 3.02. The molecule has 0 bridgehead atoms. The number of nitrogens with zero attached hydrogens (tertiary/aromatic N) is 2. The van der Waals surface area contributed by atoms with Gasteiger partial charge in [0.1, 0.15) is 11.9 Å². The van der Waals surface area contributed by atoms with E-state index in [1.165, 1.54) is 0 Å². The number of rotatable bonds is 5. The monoisotopic (exact) mass is 419 g/mol.